The number of carbonyl (C=O) groups is 1. The average Bonchev–Trinajstić information content (AvgIpc) is 3.36. The summed E-state index contributed by atoms with van der Waals surface area (Å²) in [5.41, 5.74) is 0.481. The van der Waals surface area contributed by atoms with Crippen LogP contribution in [0.5, 0.6) is 5.75 Å². The van der Waals surface area contributed by atoms with Gasteiger partial charge in [0.2, 0.25) is 5.91 Å². The number of methoxy groups -OCH3 is 1. The summed E-state index contributed by atoms with van der Waals surface area (Å²) in [6, 6.07) is 10.6. The third-order valence-corrected chi connectivity index (χ3v) is 6.65. The van der Waals surface area contributed by atoms with E-state index >= 15 is 0 Å². The zero-order valence-corrected chi connectivity index (χ0v) is 20.7. The van der Waals surface area contributed by atoms with Crippen LogP contribution in [0.4, 0.5) is 24.5 Å². The highest BCUT2D eigenvalue weighted by molar-refractivity contribution is 7.99. The molecule has 0 bridgehead atoms. The fourth-order valence-corrected chi connectivity index (χ4v) is 4.47. The number of hydrogen-bond donors (Lipinski definition) is 1. The van der Waals surface area contributed by atoms with Crippen LogP contribution in [0, 0.1) is 0 Å². The second-order valence-electron chi connectivity index (χ2n) is 8.06. The number of hydrogen-bond acceptors (Lipinski definition) is 8. The molecular weight excluding hydrogens is 495 g/mol. The topological polar surface area (TPSA) is 83.7 Å². The number of aromatic nitrogens is 2. The van der Waals surface area contributed by atoms with Crippen LogP contribution in [0.1, 0.15) is 12.5 Å². The number of halogens is 3. The van der Waals surface area contributed by atoms with Gasteiger partial charge in [-0.25, -0.2) is 0 Å². The Morgan fingerprint density at radius 3 is 2.58 bits per heavy atom. The Labute approximate surface area is 210 Å². The molecule has 36 heavy (non-hydrogen) atoms. The van der Waals surface area contributed by atoms with Crippen molar-refractivity contribution >= 4 is 29.0 Å². The summed E-state index contributed by atoms with van der Waals surface area (Å²) in [5.74, 6) is 0.200. The molecule has 1 saturated heterocycles. The monoisotopic (exact) mass is 521 g/mol. The summed E-state index contributed by atoms with van der Waals surface area (Å²) in [6.45, 7) is 5.89. The van der Waals surface area contributed by atoms with Gasteiger partial charge in [-0.05, 0) is 36.9 Å². The minimum atomic E-state index is -4.52. The normalized spacial score (nSPS) is 14.6. The van der Waals surface area contributed by atoms with Crippen LogP contribution >= 0.6 is 11.8 Å². The Morgan fingerprint density at radius 1 is 1.14 bits per heavy atom. The van der Waals surface area contributed by atoms with E-state index in [1.54, 1.807) is 18.2 Å². The van der Waals surface area contributed by atoms with E-state index in [1.165, 1.54) is 13.2 Å². The van der Waals surface area contributed by atoms with E-state index in [0.29, 0.717) is 30.1 Å². The van der Waals surface area contributed by atoms with E-state index in [0.717, 1.165) is 43.5 Å². The van der Waals surface area contributed by atoms with E-state index in [-0.39, 0.29) is 22.6 Å². The highest BCUT2D eigenvalue weighted by atomic mass is 32.2. The number of anilines is 2. The van der Waals surface area contributed by atoms with Crippen molar-refractivity contribution in [1.29, 1.82) is 0 Å². The van der Waals surface area contributed by atoms with Crippen molar-refractivity contribution in [3.8, 4) is 17.2 Å². The molecule has 1 fully saturated rings. The quantitative estimate of drug-likeness (QED) is 0.430. The largest absolute Gasteiger partial charge is 0.496 e. The van der Waals surface area contributed by atoms with Gasteiger partial charge >= 0.3 is 6.18 Å². The smallest absolute Gasteiger partial charge is 0.416 e. The van der Waals surface area contributed by atoms with E-state index < -0.39 is 17.6 Å². The van der Waals surface area contributed by atoms with Gasteiger partial charge in [0.25, 0.3) is 11.1 Å². The maximum absolute atomic E-state index is 13.4. The van der Waals surface area contributed by atoms with Gasteiger partial charge in [0, 0.05) is 26.2 Å². The molecule has 3 aromatic rings. The molecule has 1 aromatic heterocycles. The summed E-state index contributed by atoms with van der Waals surface area (Å²) in [7, 11) is 1.53. The molecule has 0 saturated carbocycles. The first-order chi connectivity index (χ1) is 17.3. The fourth-order valence-electron chi connectivity index (χ4n) is 3.91. The summed E-state index contributed by atoms with van der Waals surface area (Å²) in [4.78, 5) is 17.0. The van der Waals surface area contributed by atoms with Crippen molar-refractivity contribution in [2.45, 2.75) is 18.3 Å². The van der Waals surface area contributed by atoms with Crippen LogP contribution in [-0.2, 0) is 11.0 Å². The highest BCUT2D eigenvalue weighted by Crippen LogP contribution is 2.36. The molecule has 0 aliphatic carbocycles. The Morgan fingerprint density at radius 2 is 1.89 bits per heavy atom. The SMILES string of the molecule is CCN1CCN(c2ccc(C(F)(F)F)cc2NC(=O)CSc2nnc(-c3ccccc3OC)o2)CC1. The maximum atomic E-state index is 13.4. The minimum absolute atomic E-state index is 0.118. The zero-order valence-electron chi connectivity index (χ0n) is 19.8. The summed E-state index contributed by atoms with van der Waals surface area (Å²) in [5, 5.41) is 10.8. The zero-order chi connectivity index (χ0) is 25.7. The third kappa shape index (κ3) is 6.11. The predicted octanol–water partition coefficient (Wildman–Crippen LogP) is 4.64. The van der Waals surface area contributed by atoms with Gasteiger partial charge in [0.05, 0.1) is 35.4 Å². The average molecular weight is 522 g/mol. The fraction of sp³-hybridized carbons (Fsp3) is 0.375. The Hall–Kier alpha value is -3.25. The third-order valence-electron chi connectivity index (χ3n) is 5.83. The van der Waals surface area contributed by atoms with Crippen molar-refractivity contribution in [2.24, 2.45) is 0 Å². The number of ether oxygens (including phenoxy) is 1. The van der Waals surface area contributed by atoms with Crippen molar-refractivity contribution in [1.82, 2.24) is 15.1 Å². The van der Waals surface area contributed by atoms with E-state index in [2.05, 4.69) is 27.3 Å². The minimum Gasteiger partial charge on any atom is -0.496 e. The number of likely N-dealkylation sites (N-methyl/N-ethyl adjacent to an activating group) is 1. The van der Waals surface area contributed by atoms with Gasteiger partial charge in [0.15, 0.2) is 0 Å². The van der Waals surface area contributed by atoms with Crippen LogP contribution in [0.2, 0.25) is 0 Å². The number of thioether (sulfide) groups is 1. The first kappa shape index (κ1) is 25.8. The van der Waals surface area contributed by atoms with Gasteiger partial charge < -0.3 is 24.3 Å². The molecule has 2 heterocycles. The second-order valence-corrected chi connectivity index (χ2v) is 8.99. The molecule has 0 spiro atoms. The molecule has 8 nitrogen and oxygen atoms in total. The molecule has 0 unspecified atom stereocenters. The van der Waals surface area contributed by atoms with Gasteiger partial charge in [-0.1, -0.05) is 30.8 Å². The lowest BCUT2D eigenvalue weighted by Gasteiger charge is -2.36. The van der Waals surface area contributed by atoms with E-state index in [4.69, 9.17) is 9.15 Å². The molecule has 1 aliphatic rings. The molecule has 1 N–H and O–H groups in total. The van der Waals surface area contributed by atoms with Gasteiger partial charge in [-0.3, -0.25) is 4.79 Å². The molecule has 0 radical (unpaired) electrons. The number of nitrogens with zero attached hydrogens (tertiary/aromatic N) is 4. The molecule has 4 rings (SSSR count). The van der Waals surface area contributed by atoms with Crippen LogP contribution in [0.3, 0.4) is 0 Å². The number of nitrogens with one attached hydrogen (secondary N) is 1. The maximum Gasteiger partial charge on any atom is 0.416 e. The molecule has 1 aliphatic heterocycles. The Kier molecular flexibility index (Phi) is 8.04. The lowest BCUT2D eigenvalue weighted by Crippen LogP contribution is -2.46. The number of rotatable bonds is 8. The first-order valence-electron chi connectivity index (χ1n) is 11.4. The molecule has 1 amide bonds. The van der Waals surface area contributed by atoms with Crippen molar-refractivity contribution in [3.63, 3.8) is 0 Å². The molecule has 12 heteroatoms. The van der Waals surface area contributed by atoms with Crippen LogP contribution in [0.15, 0.2) is 52.1 Å². The number of alkyl halides is 3. The summed E-state index contributed by atoms with van der Waals surface area (Å²) in [6.07, 6.45) is -4.52. The molecular formula is C24H26F3N5O3S. The Balaban J connectivity index is 1.45. The van der Waals surface area contributed by atoms with E-state index in [1.807, 2.05) is 11.0 Å². The summed E-state index contributed by atoms with van der Waals surface area (Å²) >= 11 is 0.996. The standard InChI is InChI=1S/C24H26F3N5O3S/c1-3-31-10-12-32(13-11-31)19-9-8-16(24(25,26)27)14-18(19)28-21(33)15-36-23-30-29-22(35-23)17-6-4-5-7-20(17)34-2/h4-9,14H,3,10-13,15H2,1-2H3,(H,28,33). The van der Waals surface area contributed by atoms with Crippen LogP contribution in [-0.4, -0.2) is 66.6 Å². The van der Waals surface area contributed by atoms with Crippen molar-refractivity contribution in [2.75, 3.05) is 55.8 Å². The van der Waals surface area contributed by atoms with Crippen molar-refractivity contribution < 1.29 is 27.1 Å². The Bertz CT molecular complexity index is 1200. The number of carbonyl (C=O) groups excluding carboxylic acids is 1. The lowest BCUT2D eigenvalue weighted by molar-refractivity contribution is -0.137. The van der Waals surface area contributed by atoms with E-state index in [9.17, 15) is 18.0 Å². The van der Waals surface area contributed by atoms with Gasteiger partial charge in [0.1, 0.15) is 5.75 Å². The second kappa shape index (κ2) is 11.2. The van der Waals surface area contributed by atoms with Gasteiger partial charge in [-0.2, -0.15) is 13.2 Å². The van der Waals surface area contributed by atoms with Crippen LogP contribution < -0.4 is 15.0 Å². The highest BCUT2D eigenvalue weighted by Gasteiger charge is 2.32. The number of benzene rings is 2. The van der Waals surface area contributed by atoms with Crippen molar-refractivity contribution in [3.05, 3.63) is 48.0 Å². The van der Waals surface area contributed by atoms with Crippen LogP contribution in [0.25, 0.3) is 11.5 Å². The lowest BCUT2D eigenvalue weighted by atomic mass is 10.1. The van der Waals surface area contributed by atoms with Gasteiger partial charge in [-0.15, -0.1) is 10.2 Å². The predicted molar refractivity (Wildman–Crippen MR) is 131 cm³/mol. The first-order valence-corrected chi connectivity index (χ1v) is 12.3. The number of para-hydroxylation sites is 1. The molecule has 0 atom stereocenters. The summed E-state index contributed by atoms with van der Waals surface area (Å²) < 4.78 is 51.0. The number of piperazine rings is 1. The molecule has 192 valence electrons. The number of amides is 1. The molecule has 2 aromatic carbocycles.